The summed E-state index contributed by atoms with van der Waals surface area (Å²) < 4.78 is 4.90. The van der Waals surface area contributed by atoms with E-state index in [0.717, 1.165) is 19.0 Å². The predicted molar refractivity (Wildman–Crippen MR) is 58.3 cm³/mol. The van der Waals surface area contributed by atoms with Crippen molar-refractivity contribution in [2.45, 2.75) is 40.0 Å². The van der Waals surface area contributed by atoms with Crippen molar-refractivity contribution in [2.24, 2.45) is 4.99 Å². The summed E-state index contributed by atoms with van der Waals surface area (Å²) >= 11 is 0. The fourth-order valence-corrected chi connectivity index (χ4v) is 0.921. The average molecular weight is 183 g/mol. The van der Waals surface area contributed by atoms with E-state index in [4.69, 9.17) is 4.74 Å². The molecule has 1 aliphatic heterocycles. The molecule has 1 rings (SSSR count). The molecular weight excluding hydrogens is 162 g/mol. The summed E-state index contributed by atoms with van der Waals surface area (Å²) in [5.41, 5.74) is 1.31. The summed E-state index contributed by atoms with van der Waals surface area (Å²) in [4.78, 5) is 3.93. The maximum Gasteiger partial charge on any atom is 0.180 e. The molecule has 76 valence electrons. The van der Waals surface area contributed by atoms with Crippen LogP contribution in [0.5, 0.6) is 0 Å². The number of aliphatic imine (C=N–C) groups is 1. The number of ether oxygens (including phenoxy) is 1. The minimum atomic E-state index is 0.784. The second kappa shape index (κ2) is 7.84. The van der Waals surface area contributed by atoms with Crippen LogP contribution in [0.4, 0.5) is 0 Å². The minimum absolute atomic E-state index is 0.784. The van der Waals surface area contributed by atoms with Crippen LogP contribution in [-0.4, -0.2) is 19.0 Å². The first-order valence-corrected chi connectivity index (χ1v) is 4.95. The van der Waals surface area contributed by atoms with Gasteiger partial charge in [-0.05, 0) is 19.8 Å². The van der Waals surface area contributed by atoms with E-state index in [2.05, 4.69) is 25.4 Å². The number of hydrogen-bond acceptors (Lipinski definition) is 2. The zero-order valence-corrected chi connectivity index (χ0v) is 9.10. The zero-order chi connectivity index (χ0) is 10.1. The lowest BCUT2D eigenvalue weighted by molar-refractivity contribution is 0.345. The van der Waals surface area contributed by atoms with Crippen molar-refractivity contribution >= 4 is 5.90 Å². The monoisotopic (exact) mass is 183 g/mol. The molecule has 0 aliphatic carbocycles. The van der Waals surface area contributed by atoms with Gasteiger partial charge in [-0.25, -0.2) is 0 Å². The summed E-state index contributed by atoms with van der Waals surface area (Å²) in [6.07, 6.45) is 3.79. The van der Waals surface area contributed by atoms with E-state index >= 15 is 0 Å². The van der Waals surface area contributed by atoms with Crippen molar-refractivity contribution in [1.82, 2.24) is 0 Å². The van der Waals surface area contributed by atoms with Gasteiger partial charge < -0.3 is 4.74 Å². The Labute approximate surface area is 81.7 Å². The van der Waals surface area contributed by atoms with Gasteiger partial charge in [0.1, 0.15) is 6.61 Å². The lowest BCUT2D eigenvalue weighted by Gasteiger charge is -1.91. The lowest BCUT2D eigenvalue weighted by Crippen LogP contribution is -1.89. The summed E-state index contributed by atoms with van der Waals surface area (Å²) in [5, 5.41) is 0. The molecule has 0 bridgehead atoms. The highest BCUT2D eigenvalue weighted by Crippen LogP contribution is 2.01. The summed E-state index contributed by atoms with van der Waals surface area (Å²) in [6, 6.07) is 0. The van der Waals surface area contributed by atoms with E-state index in [1.165, 1.54) is 24.8 Å². The second-order valence-electron chi connectivity index (χ2n) is 3.31. The van der Waals surface area contributed by atoms with Crippen molar-refractivity contribution in [3.05, 3.63) is 12.2 Å². The van der Waals surface area contributed by atoms with Gasteiger partial charge in [0.25, 0.3) is 0 Å². The predicted octanol–water partition coefficient (Wildman–Crippen LogP) is 3.19. The molecule has 0 fully saturated rings. The van der Waals surface area contributed by atoms with Crippen LogP contribution in [0.3, 0.4) is 0 Å². The second-order valence-corrected chi connectivity index (χ2v) is 3.31. The third kappa shape index (κ3) is 9.12. The third-order valence-corrected chi connectivity index (χ3v) is 1.69. The van der Waals surface area contributed by atoms with Crippen LogP contribution in [0.1, 0.15) is 40.0 Å². The molecule has 1 aliphatic rings. The quantitative estimate of drug-likeness (QED) is 0.616. The molecule has 0 aromatic rings. The fourth-order valence-electron chi connectivity index (χ4n) is 0.921. The fraction of sp³-hybridized carbons (Fsp3) is 0.727. The smallest absolute Gasteiger partial charge is 0.180 e. The first kappa shape index (κ1) is 12.2. The molecule has 2 heteroatoms. The molecule has 1 heterocycles. The molecular formula is C11H21NO. The molecule has 0 amide bonds. The molecule has 0 unspecified atom stereocenters. The van der Waals surface area contributed by atoms with E-state index in [1.54, 1.807) is 0 Å². The van der Waals surface area contributed by atoms with Crippen LogP contribution in [0, 0.1) is 0 Å². The van der Waals surface area contributed by atoms with Crippen molar-refractivity contribution in [1.29, 1.82) is 0 Å². The van der Waals surface area contributed by atoms with Gasteiger partial charge in [0.15, 0.2) is 5.90 Å². The Balaban J connectivity index is 0.000000223. The third-order valence-electron chi connectivity index (χ3n) is 1.69. The Kier molecular flexibility index (Phi) is 7.36. The molecule has 0 N–H and O–H groups in total. The Morgan fingerprint density at radius 1 is 1.62 bits per heavy atom. The normalized spacial score (nSPS) is 13.9. The molecule has 2 nitrogen and oxygen atoms in total. The van der Waals surface area contributed by atoms with E-state index in [1.807, 2.05) is 6.92 Å². The van der Waals surface area contributed by atoms with Gasteiger partial charge in [0, 0.05) is 6.92 Å². The van der Waals surface area contributed by atoms with Crippen molar-refractivity contribution < 1.29 is 4.74 Å². The van der Waals surface area contributed by atoms with Gasteiger partial charge in [-0.3, -0.25) is 4.99 Å². The molecule has 0 radical (unpaired) electrons. The number of allylic oxidation sites excluding steroid dienone is 1. The van der Waals surface area contributed by atoms with Gasteiger partial charge in [0.05, 0.1) is 6.54 Å². The van der Waals surface area contributed by atoms with Gasteiger partial charge >= 0.3 is 0 Å². The molecule has 0 saturated carbocycles. The highest BCUT2D eigenvalue weighted by molar-refractivity contribution is 5.74. The maximum absolute atomic E-state index is 4.90. The van der Waals surface area contributed by atoms with Crippen LogP contribution in [-0.2, 0) is 4.74 Å². The van der Waals surface area contributed by atoms with E-state index in [-0.39, 0.29) is 0 Å². The minimum Gasteiger partial charge on any atom is -0.479 e. The largest absolute Gasteiger partial charge is 0.479 e. The molecule has 0 saturated heterocycles. The number of unbranched alkanes of at least 4 members (excludes halogenated alkanes) is 1. The molecule has 0 spiro atoms. The summed E-state index contributed by atoms with van der Waals surface area (Å²) in [7, 11) is 0. The summed E-state index contributed by atoms with van der Waals surface area (Å²) in [6.45, 7) is 11.6. The van der Waals surface area contributed by atoms with Gasteiger partial charge in [-0.1, -0.05) is 18.9 Å². The van der Waals surface area contributed by atoms with Crippen LogP contribution >= 0.6 is 0 Å². The van der Waals surface area contributed by atoms with Crippen LogP contribution < -0.4 is 0 Å². The highest BCUT2D eigenvalue weighted by atomic mass is 16.5. The number of rotatable bonds is 3. The van der Waals surface area contributed by atoms with Gasteiger partial charge in [0.2, 0.25) is 0 Å². The Morgan fingerprint density at radius 3 is 2.46 bits per heavy atom. The van der Waals surface area contributed by atoms with Crippen molar-refractivity contribution in [2.75, 3.05) is 13.2 Å². The Hall–Kier alpha value is -0.790. The topological polar surface area (TPSA) is 21.6 Å². The molecule has 13 heavy (non-hydrogen) atoms. The maximum atomic E-state index is 4.90. The summed E-state index contributed by atoms with van der Waals surface area (Å²) in [5.74, 6) is 0.829. The van der Waals surface area contributed by atoms with Gasteiger partial charge in [-0.2, -0.15) is 0 Å². The Bertz CT molecular complexity index is 173. The van der Waals surface area contributed by atoms with Crippen molar-refractivity contribution in [3.63, 3.8) is 0 Å². The molecule has 0 aromatic heterocycles. The first-order chi connectivity index (χ1) is 6.16. The standard InChI is InChI=1S/C7H14.C4H7NO/c1-4-5-6-7(2)3;1-4-5-2-3-6-4/h2,4-6H2,1,3H3;2-3H2,1H3. The Morgan fingerprint density at radius 2 is 2.31 bits per heavy atom. The number of nitrogens with zero attached hydrogens (tertiary/aromatic N) is 1. The van der Waals surface area contributed by atoms with Crippen LogP contribution in [0.25, 0.3) is 0 Å². The zero-order valence-electron chi connectivity index (χ0n) is 9.10. The van der Waals surface area contributed by atoms with E-state index < -0.39 is 0 Å². The number of hydrogen-bond donors (Lipinski definition) is 0. The van der Waals surface area contributed by atoms with Crippen LogP contribution in [0.15, 0.2) is 17.1 Å². The van der Waals surface area contributed by atoms with Crippen LogP contribution in [0.2, 0.25) is 0 Å². The molecule has 0 atom stereocenters. The SMILES string of the molecule is C=C(C)CCCC.CC1=NCCO1. The van der Waals surface area contributed by atoms with Gasteiger partial charge in [-0.15, -0.1) is 6.58 Å². The van der Waals surface area contributed by atoms with E-state index in [0.29, 0.717) is 0 Å². The van der Waals surface area contributed by atoms with Crippen molar-refractivity contribution in [3.8, 4) is 0 Å². The van der Waals surface area contributed by atoms with E-state index in [9.17, 15) is 0 Å². The first-order valence-electron chi connectivity index (χ1n) is 4.95. The highest BCUT2D eigenvalue weighted by Gasteiger charge is 1.96. The molecule has 0 aromatic carbocycles. The average Bonchev–Trinajstić information content (AvgIpc) is 2.53. The lowest BCUT2D eigenvalue weighted by atomic mass is 10.2.